The molecule has 16 N–H and O–H groups in total. The summed E-state index contributed by atoms with van der Waals surface area (Å²) in [4.78, 5) is 171. The molecule has 3 aromatic heterocycles. The summed E-state index contributed by atoms with van der Waals surface area (Å²) in [6.07, 6.45) is -7.28. The molecule has 0 spiro atoms. The topological polar surface area (TPSA) is 498 Å². The maximum Gasteiger partial charge on any atom is 0.312 e. The summed E-state index contributed by atoms with van der Waals surface area (Å²) >= 11 is 0. The van der Waals surface area contributed by atoms with Crippen LogP contribution in [-0.4, -0.2) is 219 Å². The molecule has 0 bridgehead atoms. The lowest BCUT2D eigenvalue weighted by molar-refractivity contribution is -0.165. The summed E-state index contributed by atoms with van der Waals surface area (Å²) in [5.74, 6) is -52.8. The third-order valence-corrected chi connectivity index (χ3v) is 21.8. The Balaban J connectivity index is 0.000000272. The van der Waals surface area contributed by atoms with Gasteiger partial charge in [0.2, 0.25) is 58.8 Å². The highest BCUT2D eigenvalue weighted by atomic mass is 19.2. The number of carbonyl (C=O) groups is 12. The molecule has 0 saturated carbocycles. The molecule has 3 aliphatic heterocycles. The molecule has 18 atom stereocenters. The molecular weight excluding hydrogens is 1810 g/mol. The predicted molar refractivity (Wildman–Crippen MR) is 432 cm³/mol. The van der Waals surface area contributed by atoms with E-state index in [0.717, 1.165) is 30.0 Å². The third kappa shape index (κ3) is 25.6. The van der Waals surface area contributed by atoms with Crippen LogP contribution in [0.5, 0.6) is 17.2 Å². The van der Waals surface area contributed by atoms with E-state index in [-0.39, 0.29) is 37.0 Å². The van der Waals surface area contributed by atoms with Gasteiger partial charge in [0.15, 0.2) is 93.0 Å². The Morgan fingerprint density at radius 1 is 0.376 bits per heavy atom. The Bertz CT molecular complexity index is 5080. The van der Waals surface area contributed by atoms with Gasteiger partial charge in [0.05, 0.1) is 72.3 Å². The van der Waals surface area contributed by atoms with Crippen molar-refractivity contribution in [3.63, 3.8) is 0 Å². The predicted octanol–water partition coefficient (Wildman–Crippen LogP) is 4.83. The van der Waals surface area contributed by atoms with Gasteiger partial charge in [0.25, 0.3) is 23.6 Å². The Labute approximate surface area is 748 Å². The largest absolute Gasteiger partial charge is 0.505 e. The van der Waals surface area contributed by atoms with E-state index in [1.165, 1.54) is 78.5 Å². The quantitative estimate of drug-likeness (QED) is 0.0237. The van der Waals surface area contributed by atoms with Crippen LogP contribution in [0.25, 0.3) is 0 Å². The molecule has 3 aliphatic rings. The minimum atomic E-state index is -2.43. The summed E-state index contributed by atoms with van der Waals surface area (Å²) < 4.78 is 218. The van der Waals surface area contributed by atoms with Crippen LogP contribution in [0.3, 0.4) is 0 Å². The molecule has 3 saturated heterocycles. The number of aromatic hydroxyl groups is 3. The maximum atomic E-state index is 14.7. The lowest BCUT2D eigenvalue weighted by Crippen LogP contribution is -2.64. The molecule has 3 fully saturated rings. The Hall–Kier alpha value is -13.0. The molecule has 6 heterocycles. The second-order valence-electron chi connectivity index (χ2n) is 33.1. The first-order chi connectivity index (χ1) is 62.1. The smallest absolute Gasteiger partial charge is 0.312 e. The highest BCUT2D eigenvalue weighted by Gasteiger charge is 2.47. The maximum absolute atomic E-state index is 14.7. The number of likely N-dealkylation sites (N-methyl/N-ethyl adjacent to an activating group) is 1. The minimum absolute atomic E-state index is 0.00781. The van der Waals surface area contributed by atoms with E-state index in [9.17, 15) is 154 Å². The zero-order chi connectivity index (χ0) is 100.0. The number of aromatic nitrogens is 3. The van der Waals surface area contributed by atoms with E-state index in [0.29, 0.717) is 0 Å². The number of hydrogen-bond acceptors (Lipinski definition) is 22. The number of nitrogens with one attached hydrogen (secondary N) is 10. The van der Waals surface area contributed by atoms with Crippen molar-refractivity contribution in [1.82, 2.24) is 73.0 Å². The average molecular weight is 1900 g/mol. The zero-order valence-electron chi connectivity index (χ0n) is 73.0. The van der Waals surface area contributed by atoms with Crippen molar-refractivity contribution in [3.05, 3.63) is 176 Å². The van der Waals surface area contributed by atoms with Gasteiger partial charge in [-0.1, -0.05) is 55.4 Å². The number of nitrogens with zero attached hydrogens (tertiary/aromatic N) is 4. The van der Waals surface area contributed by atoms with Gasteiger partial charge in [-0.3, -0.25) is 57.5 Å². The fourth-order valence-electron chi connectivity index (χ4n) is 14.3. The minimum Gasteiger partial charge on any atom is -0.505 e. The van der Waals surface area contributed by atoms with Crippen LogP contribution in [0, 0.1) is 123 Å². The van der Waals surface area contributed by atoms with E-state index in [1.54, 1.807) is 41.5 Å². The third-order valence-electron chi connectivity index (χ3n) is 21.8. The summed E-state index contributed by atoms with van der Waals surface area (Å²) in [7, 11) is 1.29. The van der Waals surface area contributed by atoms with Crippen molar-refractivity contribution in [1.29, 1.82) is 0 Å². The number of esters is 1. The highest BCUT2D eigenvalue weighted by molar-refractivity contribution is 6.01. The van der Waals surface area contributed by atoms with Gasteiger partial charge in [-0.25, -0.2) is 80.8 Å². The van der Waals surface area contributed by atoms with E-state index in [4.69, 9.17) is 4.74 Å². The first-order valence-electron chi connectivity index (χ1n) is 41.1. The summed E-state index contributed by atoms with van der Waals surface area (Å²) in [6, 6.07) is -9.48. The van der Waals surface area contributed by atoms with Gasteiger partial charge >= 0.3 is 5.97 Å². The molecule has 3 unspecified atom stereocenters. The second kappa shape index (κ2) is 45.9. The van der Waals surface area contributed by atoms with Crippen LogP contribution in [0.15, 0.2) is 55.0 Å². The normalized spacial score (nSPS) is 24.9. The molecule has 726 valence electrons. The van der Waals surface area contributed by atoms with Gasteiger partial charge in [0, 0.05) is 61.6 Å². The number of aliphatic hydroxyl groups is 3. The number of benzene rings is 3. The highest BCUT2D eigenvalue weighted by Crippen LogP contribution is 2.32. The molecule has 133 heavy (non-hydrogen) atoms. The number of pyridine rings is 3. The number of amides is 11. The summed E-state index contributed by atoms with van der Waals surface area (Å²) in [6.45, 7) is 17.9. The van der Waals surface area contributed by atoms with Gasteiger partial charge in [-0.2, -0.15) is 0 Å². The number of carbonyl (C=O) groups excluding carboxylic acids is 12. The van der Waals surface area contributed by atoms with Crippen molar-refractivity contribution in [3.8, 4) is 17.2 Å². The van der Waals surface area contributed by atoms with Crippen LogP contribution in [0.4, 0.5) is 65.9 Å². The zero-order valence-corrected chi connectivity index (χ0v) is 73.0. The second-order valence-corrected chi connectivity index (χ2v) is 33.1. The van der Waals surface area contributed by atoms with Gasteiger partial charge in [-0.05, 0) is 101 Å². The van der Waals surface area contributed by atoms with Crippen LogP contribution >= 0.6 is 0 Å². The first kappa shape index (κ1) is 107. The summed E-state index contributed by atoms with van der Waals surface area (Å²) in [5, 5.41) is 87.1. The van der Waals surface area contributed by atoms with Crippen LogP contribution in [-0.2, 0) is 67.2 Å². The molecule has 6 aromatic rings. The number of hydrogen-bond donors (Lipinski definition) is 16. The van der Waals surface area contributed by atoms with Crippen LogP contribution in [0.2, 0.25) is 0 Å². The standard InChI is InChI=1S/C29H34F5N5O6.C28H32F5N5O6.C28H31F5N4O7/c1-11(2)9-16-26(42)36-13(4)23(38-28(44)24-17(40)7-6-8-35-24)27(43)37-15(25(41)12(3)29(45)39(16)5)10-14-18(30)20(32)22(34)21(33)19(14)31;1-10(2)8-15-26(42)35-12(4)22(38-28(44)23-16(39)6-5-7-34-23)27(43)36-14(24(40)11(3)25(41)37-15)9-13-17(29)19(31)21(33)20(32)18(13)30;1-10(2)8-16-25(40)35-12(4)22(37-27(42)23-15(38)6-5-7-34-23)26(41)36-14(24(39)11(3)28(43)44-16)9-13-17(29)19(31)21(33)20(32)18(13)30/h6-8,11-13,15-16,23,25,40-41H,9-10H2,1-5H3,(H,36,42)(H,37,43)(H,38,44);5-7,10-12,14-15,22,24,39-40H,8-9H2,1-4H3,(H,35,42)(H,36,43)(H,37,41)(H,38,44);5-7,10-12,14,16,22,24,38-39H,8-9H2,1-4H3,(H,35,40)(H,36,41)(H,37,42)/t12-,13-,15+,16?,23+,25+;11-,12-,14+,15?,22+,24+;11-,12-,14+,16?,22+,24+/m111/s1. The van der Waals surface area contributed by atoms with Crippen molar-refractivity contribution in [2.24, 2.45) is 35.5 Å². The van der Waals surface area contributed by atoms with Crippen molar-refractivity contribution >= 4 is 70.9 Å². The Kier molecular flexibility index (Phi) is 36.9. The molecule has 48 heteroatoms. The molecule has 0 aliphatic carbocycles. The molecule has 11 amide bonds. The van der Waals surface area contributed by atoms with E-state index in [2.05, 4.69) is 68.1 Å². The molecule has 9 rings (SSSR count). The lowest BCUT2D eigenvalue weighted by atomic mass is 9.89. The fourth-order valence-corrected chi connectivity index (χ4v) is 14.3. The van der Waals surface area contributed by atoms with Gasteiger partial charge in [-0.15, -0.1) is 0 Å². The van der Waals surface area contributed by atoms with Crippen molar-refractivity contribution < 1.29 is 159 Å². The number of aliphatic hydroxyl groups excluding tert-OH is 3. The van der Waals surface area contributed by atoms with Crippen LogP contribution < -0.4 is 53.2 Å². The monoisotopic (exact) mass is 1900 g/mol. The number of ether oxygens (including phenoxy) is 1. The average Bonchev–Trinajstić information content (AvgIpc) is 0.792. The molecular formula is C85H97F15N14O19. The number of rotatable bonds is 18. The van der Waals surface area contributed by atoms with Crippen molar-refractivity contribution in [2.45, 2.75) is 212 Å². The molecule has 33 nitrogen and oxygen atoms in total. The number of halogens is 15. The molecule has 3 aromatic carbocycles. The molecule has 0 radical (unpaired) electrons. The fraction of sp³-hybridized carbons (Fsp3) is 0.471. The van der Waals surface area contributed by atoms with Crippen molar-refractivity contribution in [2.75, 3.05) is 7.05 Å². The van der Waals surface area contributed by atoms with Gasteiger partial charge < -0.3 is 93.4 Å². The van der Waals surface area contributed by atoms with E-state index in [1.807, 2.05) is 0 Å². The van der Waals surface area contributed by atoms with Gasteiger partial charge in [0.1, 0.15) is 47.5 Å². The van der Waals surface area contributed by atoms with E-state index >= 15 is 0 Å². The van der Waals surface area contributed by atoms with E-state index < -0.39 is 337 Å². The Morgan fingerprint density at radius 3 is 0.970 bits per heavy atom. The first-order valence-corrected chi connectivity index (χ1v) is 41.1. The summed E-state index contributed by atoms with van der Waals surface area (Å²) in [5.41, 5.74) is -5.64. The SMILES string of the molecule is CC(C)CC1C(=O)N[C@H](C)[C@H](NC(=O)c2ncccc2O)C(=O)N[C@@H](Cc2c(F)c(F)c(F)c(F)c2F)[C@@H](O)[C@@H](C)C(=O)N1C.CC(C)CC1NC(=O)[C@H](C)[C@H](O)[C@H](Cc2c(F)c(F)c(F)c(F)c2F)NC(=O)[C@@H](NC(=O)c2ncccc2O)[C@@H](C)NC1=O.CC(C)CC1OC(=O)[C@H](C)[C@H](O)[C@H](Cc2c(F)c(F)c(F)c(F)c2F)NC(=O)[C@@H](NC(=O)c2ncccc2O)[C@@H](C)NC1=O. The lowest BCUT2D eigenvalue weighted by Gasteiger charge is -2.37. The van der Waals surface area contributed by atoms with Crippen LogP contribution in [0.1, 0.15) is 151 Å². The Morgan fingerprint density at radius 2 is 0.662 bits per heavy atom. The number of cyclic esters (lactones) is 1.